The molecule has 14 heteroatoms. The summed E-state index contributed by atoms with van der Waals surface area (Å²) >= 11 is 0. The minimum Gasteiger partial charge on any atom is -0.490 e. The maximum Gasteiger partial charge on any atom is 0.270 e. The molecule has 0 fully saturated rings. The maximum atomic E-state index is 13.1. The van der Waals surface area contributed by atoms with Crippen LogP contribution in [-0.2, 0) is 13.0 Å². The summed E-state index contributed by atoms with van der Waals surface area (Å²) in [7, 11) is 0. The van der Waals surface area contributed by atoms with Gasteiger partial charge in [0.1, 0.15) is 47.8 Å². The zero-order valence-electron chi connectivity index (χ0n) is 23.2. The van der Waals surface area contributed by atoms with Crippen LogP contribution in [-0.4, -0.2) is 50.1 Å². The van der Waals surface area contributed by atoms with E-state index >= 15 is 0 Å². The predicted molar refractivity (Wildman–Crippen MR) is 158 cm³/mol. The molecule has 3 aromatic carbocycles. The molecule has 7 rings (SSSR count). The van der Waals surface area contributed by atoms with Gasteiger partial charge >= 0.3 is 0 Å². The number of hydrogen-bond donors (Lipinski definition) is 4. The van der Waals surface area contributed by atoms with Crippen LogP contribution < -0.4 is 36.9 Å². The van der Waals surface area contributed by atoms with Crippen molar-refractivity contribution in [2.45, 2.75) is 25.4 Å². The Hall–Kier alpha value is -5.92. The first-order valence-electron chi connectivity index (χ1n) is 13.9. The van der Waals surface area contributed by atoms with Gasteiger partial charge in [-0.15, -0.1) is 0 Å². The Kier molecular flexibility index (Phi) is 6.57. The normalized spacial score (nSPS) is 15.4. The zero-order valence-corrected chi connectivity index (χ0v) is 23.2. The second-order valence-corrected chi connectivity index (χ2v) is 10.5. The van der Waals surface area contributed by atoms with Gasteiger partial charge in [0.25, 0.3) is 22.7 Å². The lowest BCUT2D eigenvalue weighted by atomic mass is 10.0. The van der Waals surface area contributed by atoms with E-state index in [-0.39, 0.29) is 35.3 Å². The average Bonchev–Trinajstić information content (AvgIpc) is 3.74. The monoisotopic (exact) mass is 591 g/mol. The Morgan fingerprint density at radius 1 is 1.00 bits per heavy atom. The summed E-state index contributed by atoms with van der Waals surface area (Å²) in [5, 5.41) is 12.6. The van der Waals surface area contributed by atoms with Crippen molar-refractivity contribution in [3.05, 3.63) is 104 Å². The zero-order chi connectivity index (χ0) is 30.4. The Morgan fingerprint density at radius 2 is 1.84 bits per heavy atom. The molecule has 3 heterocycles. The molecule has 1 aliphatic heterocycles. The number of H-pyrrole nitrogens is 1. The quantitative estimate of drug-likeness (QED) is 0.199. The number of aromatic amines is 1. The van der Waals surface area contributed by atoms with E-state index in [1.54, 1.807) is 23.1 Å². The lowest BCUT2D eigenvalue weighted by Crippen LogP contribution is -2.43. The summed E-state index contributed by atoms with van der Waals surface area (Å²) in [6.07, 6.45) is 4.17. The lowest BCUT2D eigenvalue weighted by molar-refractivity contribution is 0.0931. The molecule has 0 unspecified atom stereocenters. The Labute approximate surface area is 249 Å². The van der Waals surface area contributed by atoms with E-state index in [1.165, 1.54) is 18.7 Å². The first-order chi connectivity index (χ1) is 21.4. The van der Waals surface area contributed by atoms with Crippen LogP contribution in [0, 0.1) is 0 Å². The topological polar surface area (TPSA) is 198 Å². The van der Waals surface area contributed by atoms with Gasteiger partial charge in [0.15, 0.2) is 5.82 Å². The van der Waals surface area contributed by atoms with Crippen molar-refractivity contribution in [2.24, 2.45) is 0 Å². The molecular weight excluding hydrogens is 566 g/mol. The van der Waals surface area contributed by atoms with Crippen LogP contribution in [0.25, 0.3) is 11.4 Å². The molecule has 0 saturated heterocycles. The highest BCUT2D eigenvalue weighted by molar-refractivity contribution is 5.97. The van der Waals surface area contributed by atoms with Gasteiger partial charge in [-0.25, -0.2) is 15.0 Å². The van der Waals surface area contributed by atoms with E-state index in [1.807, 2.05) is 18.2 Å². The van der Waals surface area contributed by atoms with Gasteiger partial charge in [-0.3, -0.25) is 24.3 Å². The third-order valence-corrected chi connectivity index (χ3v) is 7.88. The van der Waals surface area contributed by atoms with Crippen molar-refractivity contribution in [1.82, 2.24) is 35.8 Å². The minimum atomic E-state index is -0.694. The molecule has 5 N–H and O–H groups in total. The Balaban J connectivity index is 1.01. The van der Waals surface area contributed by atoms with E-state index in [9.17, 15) is 19.2 Å². The number of anilines is 3. The Morgan fingerprint density at radius 3 is 2.64 bits per heavy atom. The molecule has 0 spiro atoms. The van der Waals surface area contributed by atoms with Crippen molar-refractivity contribution in [3.63, 3.8) is 0 Å². The van der Waals surface area contributed by atoms with Crippen molar-refractivity contribution < 1.29 is 14.3 Å². The van der Waals surface area contributed by atoms with Gasteiger partial charge in [0, 0.05) is 18.2 Å². The summed E-state index contributed by atoms with van der Waals surface area (Å²) in [6.45, 7) is 0.796. The highest BCUT2D eigenvalue weighted by Crippen LogP contribution is 2.38. The molecule has 220 valence electrons. The van der Waals surface area contributed by atoms with Gasteiger partial charge in [0.2, 0.25) is 0 Å². The van der Waals surface area contributed by atoms with E-state index in [2.05, 4.69) is 35.8 Å². The molecule has 1 aliphatic carbocycles. The summed E-state index contributed by atoms with van der Waals surface area (Å²) < 4.78 is 5.69. The molecule has 0 saturated carbocycles. The molecule has 44 heavy (non-hydrogen) atoms. The first-order valence-corrected chi connectivity index (χ1v) is 13.9. The predicted octanol–water partition coefficient (Wildman–Crippen LogP) is 1.32. The molecule has 1 atom stereocenters. The molecule has 0 radical (unpaired) electrons. The molecule has 5 aromatic rings. The molecular formula is C30H25N9O5. The van der Waals surface area contributed by atoms with Crippen LogP contribution in [0.5, 0.6) is 5.75 Å². The number of aromatic nitrogens is 5. The summed E-state index contributed by atoms with van der Waals surface area (Å²) in [4.78, 5) is 63.9. The smallest absolute Gasteiger partial charge is 0.270 e. The van der Waals surface area contributed by atoms with Gasteiger partial charge < -0.3 is 26.0 Å². The highest BCUT2D eigenvalue weighted by Gasteiger charge is 2.29. The third kappa shape index (κ3) is 4.71. The van der Waals surface area contributed by atoms with Crippen LogP contribution in [0.4, 0.5) is 17.1 Å². The van der Waals surface area contributed by atoms with Crippen LogP contribution in [0.2, 0.25) is 0 Å². The van der Waals surface area contributed by atoms with E-state index < -0.39 is 22.7 Å². The average molecular weight is 592 g/mol. The second-order valence-electron chi connectivity index (χ2n) is 10.5. The summed E-state index contributed by atoms with van der Waals surface area (Å²) in [5.74, 6) is 0.307. The standard InChI is InChI=1S/C30H25N9O5/c31-24-25(27(41)26(24)40)39-7-8-44-23-6-1-15(9-22(23)39)12-32-29(42)20-11-21(34-13-33-20)30(43)37-19-5-3-16-10-17(2-4-18(16)19)28-35-14-36-38-28/h1-2,4,6,9-11,13-14,19H,3,5,7-8,12,31H2,(H,32,42)(H,37,43)(H,35,36,38)/t19-/m0/s1. The fourth-order valence-corrected chi connectivity index (χ4v) is 5.64. The van der Waals surface area contributed by atoms with Crippen LogP contribution in [0.15, 0.2) is 64.7 Å². The number of ether oxygens (including phenoxy) is 1. The van der Waals surface area contributed by atoms with Crippen molar-refractivity contribution in [3.8, 4) is 17.1 Å². The first kappa shape index (κ1) is 26.9. The number of carbonyl (C=O) groups is 2. The van der Waals surface area contributed by atoms with Gasteiger partial charge in [-0.1, -0.05) is 18.2 Å². The van der Waals surface area contributed by atoms with Crippen molar-refractivity contribution in [2.75, 3.05) is 23.8 Å². The Bertz CT molecular complexity index is 2000. The van der Waals surface area contributed by atoms with E-state index in [0.717, 1.165) is 29.5 Å². The number of carbonyl (C=O) groups excluding carboxylic acids is 2. The SMILES string of the molecule is Nc1c(N2CCOc3ccc(CNC(=O)c4cc(C(=O)N[C@H]5CCc6cc(-c7ncn[nH]7)ccc65)ncn4)cc32)c(=O)c1=O. The minimum absolute atomic E-state index is 0.0353. The van der Waals surface area contributed by atoms with Gasteiger partial charge in [-0.05, 0) is 47.7 Å². The van der Waals surface area contributed by atoms with Crippen LogP contribution >= 0.6 is 0 Å². The van der Waals surface area contributed by atoms with Gasteiger partial charge in [-0.2, -0.15) is 5.10 Å². The number of nitrogens with one attached hydrogen (secondary N) is 3. The van der Waals surface area contributed by atoms with Crippen molar-refractivity contribution in [1.29, 1.82) is 0 Å². The largest absolute Gasteiger partial charge is 0.490 e. The van der Waals surface area contributed by atoms with E-state index in [0.29, 0.717) is 36.0 Å². The molecule has 14 nitrogen and oxygen atoms in total. The molecule has 2 aromatic heterocycles. The lowest BCUT2D eigenvalue weighted by Gasteiger charge is -2.32. The number of benzene rings is 2. The number of nitrogens with zero attached hydrogens (tertiary/aromatic N) is 5. The van der Waals surface area contributed by atoms with Crippen molar-refractivity contribution >= 4 is 28.9 Å². The molecule has 0 bridgehead atoms. The number of hydrogen-bond acceptors (Lipinski definition) is 11. The number of aryl methyl sites for hydroxylation is 1. The number of fused-ring (bicyclic) bond motifs is 2. The number of rotatable bonds is 7. The third-order valence-electron chi connectivity index (χ3n) is 7.88. The fraction of sp³-hybridized carbons (Fsp3) is 0.200. The van der Waals surface area contributed by atoms with Crippen LogP contribution in [0.1, 0.15) is 50.1 Å². The summed E-state index contributed by atoms with van der Waals surface area (Å²) in [6, 6.07) is 12.4. The highest BCUT2D eigenvalue weighted by atomic mass is 16.5. The number of amides is 2. The van der Waals surface area contributed by atoms with Crippen LogP contribution in [0.3, 0.4) is 0 Å². The number of nitrogens with two attached hydrogens (primary N) is 1. The molecule has 2 aliphatic rings. The summed E-state index contributed by atoms with van der Waals surface area (Å²) in [5.41, 5.74) is 9.02. The van der Waals surface area contributed by atoms with Gasteiger partial charge in [0.05, 0.1) is 18.3 Å². The molecule has 2 amide bonds. The maximum absolute atomic E-state index is 13.1. The fourth-order valence-electron chi connectivity index (χ4n) is 5.64. The van der Waals surface area contributed by atoms with E-state index in [4.69, 9.17) is 10.5 Å². The number of nitrogen functional groups attached to an aromatic ring is 1. The second kappa shape index (κ2) is 10.7.